The molecule has 0 aliphatic rings. The van der Waals surface area contributed by atoms with Crippen molar-refractivity contribution in [3.63, 3.8) is 0 Å². The van der Waals surface area contributed by atoms with E-state index in [4.69, 9.17) is 9.40 Å². The molecule has 0 bridgehead atoms. The highest BCUT2D eigenvalue weighted by atomic mass is 16.3. The predicted octanol–water partition coefficient (Wildman–Crippen LogP) is 14.0. The van der Waals surface area contributed by atoms with E-state index in [1.54, 1.807) is 0 Å². The number of para-hydroxylation sites is 2. The van der Waals surface area contributed by atoms with Crippen LogP contribution in [0.15, 0.2) is 205 Å². The van der Waals surface area contributed by atoms with Crippen molar-refractivity contribution in [2.24, 2.45) is 0 Å². The predicted molar refractivity (Wildman–Crippen MR) is 229 cm³/mol. The van der Waals surface area contributed by atoms with Crippen LogP contribution in [-0.4, -0.2) is 9.55 Å². The summed E-state index contributed by atoms with van der Waals surface area (Å²) >= 11 is 0. The zero-order valence-electron chi connectivity index (χ0n) is 29.8. The van der Waals surface area contributed by atoms with Gasteiger partial charge in [0, 0.05) is 44.5 Å². The van der Waals surface area contributed by atoms with E-state index in [1.807, 2.05) is 36.4 Å². The molecular weight excluding hydrogens is 671 g/mol. The lowest BCUT2D eigenvalue weighted by Gasteiger charge is -2.26. The average molecular weight is 704 g/mol. The highest BCUT2D eigenvalue weighted by Gasteiger charge is 2.19. The summed E-state index contributed by atoms with van der Waals surface area (Å²) in [7, 11) is 0. The number of fused-ring (bicyclic) bond motifs is 7. The van der Waals surface area contributed by atoms with Crippen LogP contribution in [0, 0.1) is 0 Å². The van der Waals surface area contributed by atoms with Crippen LogP contribution in [0.4, 0.5) is 17.1 Å². The molecule has 0 spiro atoms. The van der Waals surface area contributed by atoms with Gasteiger partial charge in [-0.25, -0.2) is 4.98 Å². The first-order chi connectivity index (χ1) is 27.3. The Balaban J connectivity index is 1.12. The van der Waals surface area contributed by atoms with Crippen molar-refractivity contribution in [2.45, 2.75) is 0 Å². The van der Waals surface area contributed by atoms with Crippen molar-refractivity contribution >= 4 is 71.5 Å². The summed E-state index contributed by atoms with van der Waals surface area (Å²) in [4.78, 5) is 7.41. The normalized spacial score (nSPS) is 11.6. The molecule has 0 radical (unpaired) electrons. The summed E-state index contributed by atoms with van der Waals surface area (Å²) in [5, 5.41) is 7.07. The van der Waals surface area contributed by atoms with E-state index in [0.29, 0.717) is 5.89 Å². The molecule has 0 aliphatic heterocycles. The van der Waals surface area contributed by atoms with Crippen LogP contribution in [0.3, 0.4) is 0 Å². The fourth-order valence-corrected chi connectivity index (χ4v) is 8.21. The molecule has 0 fully saturated rings. The van der Waals surface area contributed by atoms with Crippen molar-refractivity contribution < 1.29 is 4.42 Å². The van der Waals surface area contributed by atoms with Gasteiger partial charge in [-0.1, -0.05) is 127 Å². The molecule has 11 aromatic rings. The second kappa shape index (κ2) is 12.6. The van der Waals surface area contributed by atoms with Gasteiger partial charge in [-0.3, -0.25) is 0 Å². The number of nitrogens with zero attached hydrogens (tertiary/aromatic N) is 3. The number of oxazole rings is 1. The molecule has 0 saturated heterocycles. The second-order valence-corrected chi connectivity index (χ2v) is 14.0. The Morgan fingerprint density at radius 1 is 0.418 bits per heavy atom. The van der Waals surface area contributed by atoms with E-state index in [-0.39, 0.29) is 0 Å². The molecule has 4 heteroatoms. The van der Waals surface area contributed by atoms with Crippen LogP contribution in [0.2, 0.25) is 0 Å². The van der Waals surface area contributed by atoms with Gasteiger partial charge in [0.15, 0.2) is 5.58 Å². The minimum Gasteiger partial charge on any atom is -0.436 e. The molecule has 0 aliphatic carbocycles. The SMILES string of the molecule is c1ccc(-c2nc3c(ccc4ccc(N(c5ccc(-c6cccc7ccccc67)cc5)c5ccc6c7ccccc7n(-c7ccccc7)c6c5)cc43)o2)cc1. The minimum atomic E-state index is 0.619. The van der Waals surface area contributed by atoms with Crippen molar-refractivity contribution in [1.29, 1.82) is 0 Å². The topological polar surface area (TPSA) is 34.2 Å². The number of aromatic nitrogens is 2. The summed E-state index contributed by atoms with van der Waals surface area (Å²) in [6.07, 6.45) is 0. The molecule has 2 aromatic heterocycles. The molecule has 0 unspecified atom stereocenters. The Morgan fingerprint density at radius 3 is 1.91 bits per heavy atom. The van der Waals surface area contributed by atoms with Crippen molar-refractivity contribution in [1.82, 2.24) is 9.55 Å². The first kappa shape index (κ1) is 31.1. The standard InChI is InChI=1S/C51H33N3O/c1-3-13-37(14-4-1)51-52-50-46-32-40(28-24-36(46)25-31-49(50)55-51)53(39-26-22-35(23-27-39)43-20-11-15-34-12-7-8-18-42(34)43)41-29-30-45-44-19-9-10-21-47(44)54(48(45)33-41)38-16-5-2-6-17-38/h1-33H. The average Bonchev–Trinajstić information content (AvgIpc) is 3.84. The van der Waals surface area contributed by atoms with E-state index >= 15 is 0 Å². The Labute approximate surface area is 317 Å². The molecule has 0 amide bonds. The van der Waals surface area contributed by atoms with Crippen LogP contribution in [-0.2, 0) is 0 Å². The highest BCUT2D eigenvalue weighted by molar-refractivity contribution is 6.11. The molecule has 9 aromatic carbocycles. The van der Waals surface area contributed by atoms with E-state index < -0.39 is 0 Å². The Kier molecular flexibility index (Phi) is 7.14. The van der Waals surface area contributed by atoms with E-state index in [2.05, 4.69) is 173 Å². The molecule has 0 N–H and O–H groups in total. The quantitative estimate of drug-likeness (QED) is 0.173. The molecule has 258 valence electrons. The van der Waals surface area contributed by atoms with Crippen LogP contribution >= 0.6 is 0 Å². The van der Waals surface area contributed by atoms with E-state index in [1.165, 1.54) is 38.2 Å². The highest BCUT2D eigenvalue weighted by Crippen LogP contribution is 2.42. The maximum atomic E-state index is 6.32. The summed E-state index contributed by atoms with van der Waals surface area (Å²) < 4.78 is 8.70. The van der Waals surface area contributed by atoms with Gasteiger partial charge in [0.05, 0.1) is 11.0 Å². The maximum absolute atomic E-state index is 6.32. The zero-order chi connectivity index (χ0) is 36.3. The second-order valence-electron chi connectivity index (χ2n) is 14.0. The Hall–Kier alpha value is -7.43. The van der Waals surface area contributed by atoms with Gasteiger partial charge in [-0.05, 0) is 100 Å². The van der Waals surface area contributed by atoms with Crippen LogP contribution in [0.5, 0.6) is 0 Å². The lowest BCUT2D eigenvalue weighted by Crippen LogP contribution is -2.10. The number of hydrogen-bond acceptors (Lipinski definition) is 3. The first-order valence-electron chi connectivity index (χ1n) is 18.6. The van der Waals surface area contributed by atoms with Crippen molar-refractivity contribution in [3.8, 4) is 28.3 Å². The maximum Gasteiger partial charge on any atom is 0.227 e. The van der Waals surface area contributed by atoms with Gasteiger partial charge in [-0.15, -0.1) is 0 Å². The summed E-state index contributed by atoms with van der Waals surface area (Å²) in [5.41, 5.74) is 11.6. The molecule has 0 atom stereocenters. The number of benzene rings is 9. The lowest BCUT2D eigenvalue weighted by atomic mass is 9.98. The fraction of sp³-hybridized carbons (Fsp3) is 0. The summed E-state index contributed by atoms with van der Waals surface area (Å²) in [6.45, 7) is 0. The molecule has 11 rings (SSSR count). The van der Waals surface area contributed by atoms with Crippen LogP contribution in [0.1, 0.15) is 0 Å². The fourth-order valence-electron chi connectivity index (χ4n) is 8.21. The van der Waals surface area contributed by atoms with Gasteiger partial charge in [0.1, 0.15) is 5.52 Å². The van der Waals surface area contributed by atoms with Gasteiger partial charge in [-0.2, -0.15) is 0 Å². The summed E-state index contributed by atoms with van der Waals surface area (Å²) in [6, 6.07) is 71.1. The van der Waals surface area contributed by atoms with E-state index in [0.717, 1.165) is 55.7 Å². The third-order valence-corrected chi connectivity index (χ3v) is 10.8. The molecule has 55 heavy (non-hydrogen) atoms. The van der Waals surface area contributed by atoms with Gasteiger partial charge in [0.25, 0.3) is 0 Å². The molecule has 4 nitrogen and oxygen atoms in total. The summed E-state index contributed by atoms with van der Waals surface area (Å²) in [5.74, 6) is 0.619. The molecule has 0 saturated carbocycles. The molecular formula is C51H33N3O. The molecule has 2 heterocycles. The Bertz CT molecular complexity index is 3190. The monoisotopic (exact) mass is 703 g/mol. The van der Waals surface area contributed by atoms with Gasteiger partial charge in [0.2, 0.25) is 5.89 Å². The third-order valence-electron chi connectivity index (χ3n) is 10.8. The van der Waals surface area contributed by atoms with Gasteiger partial charge < -0.3 is 13.9 Å². The smallest absolute Gasteiger partial charge is 0.227 e. The van der Waals surface area contributed by atoms with Crippen LogP contribution in [0.25, 0.3) is 82.7 Å². The largest absolute Gasteiger partial charge is 0.436 e. The van der Waals surface area contributed by atoms with Gasteiger partial charge >= 0.3 is 0 Å². The van der Waals surface area contributed by atoms with Crippen molar-refractivity contribution in [2.75, 3.05) is 4.90 Å². The van der Waals surface area contributed by atoms with Crippen LogP contribution < -0.4 is 4.90 Å². The van der Waals surface area contributed by atoms with Crippen molar-refractivity contribution in [3.05, 3.63) is 200 Å². The first-order valence-corrected chi connectivity index (χ1v) is 18.6. The lowest BCUT2D eigenvalue weighted by molar-refractivity contribution is 0.620. The number of rotatable bonds is 6. The van der Waals surface area contributed by atoms with E-state index in [9.17, 15) is 0 Å². The Morgan fingerprint density at radius 2 is 1.05 bits per heavy atom. The third kappa shape index (κ3) is 5.19. The number of anilines is 3. The minimum absolute atomic E-state index is 0.619. The zero-order valence-corrected chi connectivity index (χ0v) is 29.8. The number of hydrogen-bond donors (Lipinski definition) is 0.